The van der Waals surface area contributed by atoms with Crippen LogP contribution in [0.1, 0.15) is 68.9 Å². The van der Waals surface area contributed by atoms with E-state index >= 15 is 0 Å². The number of amides is 5. The second kappa shape index (κ2) is 21.1. The Hall–Kier alpha value is -6.39. The summed E-state index contributed by atoms with van der Waals surface area (Å²) in [4.78, 5) is 79.1. The Labute approximate surface area is 369 Å². The highest BCUT2D eigenvalue weighted by Gasteiger charge is 2.44. The van der Waals surface area contributed by atoms with E-state index in [1.54, 1.807) is 28.2 Å². The normalized spacial score (nSPS) is 15.0. The third-order valence-corrected chi connectivity index (χ3v) is 10.7. The molecular weight excluding hydrogens is 805 g/mol. The Morgan fingerprint density at radius 1 is 0.794 bits per heavy atom. The number of nitrogens with one attached hydrogen (secondary N) is 3. The molecule has 63 heavy (non-hydrogen) atoms. The summed E-state index contributed by atoms with van der Waals surface area (Å²) in [5, 5.41) is 19.5. The van der Waals surface area contributed by atoms with Gasteiger partial charge in [-0.3, -0.25) is 20.0 Å². The van der Waals surface area contributed by atoms with Crippen molar-refractivity contribution < 1.29 is 38.6 Å². The van der Waals surface area contributed by atoms with Crippen LogP contribution in [0.3, 0.4) is 0 Å². The van der Waals surface area contributed by atoms with Crippen molar-refractivity contribution in [1.82, 2.24) is 40.8 Å². The van der Waals surface area contributed by atoms with E-state index in [9.17, 15) is 29.1 Å². The summed E-state index contributed by atoms with van der Waals surface area (Å²) in [6.07, 6.45) is -0.0920. The van der Waals surface area contributed by atoms with Gasteiger partial charge in [-0.1, -0.05) is 108 Å². The molecular formula is C47H60N8O8. The number of alkyl carbamates (subject to hydrolysis) is 1. The molecule has 2 aromatic heterocycles. The number of aromatic nitrogens is 2. The zero-order valence-electron chi connectivity index (χ0n) is 37.3. The highest BCUT2D eigenvalue weighted by atomic mass is 16.5. The van der Waals surface area contributed by atoms with Gasteiger partial charge in [0, 0.05) is 37.9 Å². The zero-order chi connectivity index (χ0) is 45.9. The van der Waals surface area contributed by atoms with Gasteiger partial charge in [0.2, 0.25) is 5.91 Å². The first-order valence-corrected chi connectivity index (χ1v) is 20.9. The number of hydrogen-bond donors (Lipinski definition) is 4. The Kier molecular flexibility index (Phi) is 16.0. The number of nitrogens with zero attached hydrogens (tertiary/aromatic N) is 5. The van der Waals surface area contributed by atoms with Crippen LogP contribution in [0, 0.1) is 10.8 Å². The standard InChI is InChI=1S/C47H60N8O8/c1-46(2,3)39(51-44(60)63-8)41(57)52-54(28-32-20-22-33(23-21-32)35-18-12-13-24-48-35)30-38(56)37(27-31-15-10-9-11-16-31)50-42(58)40(47(4,5)6)55-26-25-53(45(55)61)29-34-17-14-19-36(49-34)43(59)62-7/h9-24,37-40,56H,25-30H2,1-8H3,(H,50,58)(H,51,60)(H,52,57). The van der Waals surface area contributed by atoms with Crippen LogP contribution in [0.4, 0.5) is 9.59 Å². The van der Waals surface area contributed by atoms with Crippen molar-refractivity contribution in [3.05, 3.63) is 120 Å². The van der Waals surface area contributed by atoms with Crippen LogP contribution in [0.15, 0.2) is 97.2 Å². The van der Waals surface area contributed by atoms with Gasteiger partial charge in [-0.2, -0.15) is 0 Å². The van der Waals surface area contributed by atoms with Gasteiger partial charge >= 0.3 is 18.1 Å². The predicted octanol–water partition coefficient (Wildman–Crippen LogP) is 4.98. The molecule has 0 spiro atoms. The Balaban J connectivity index is 1.41. The monoisotopic (exact) mass is 864 g/mol. The summed E-state index contributed by atoms with van der Waals surface area (Å²) in [7, 11) is 2.49. The summed E-state index contributed by atoms with van der Waals surface area (Å²) < 4.78 is 9.63. The molecule has 0 bridgehead atoms. The number of rotatable bonds is 17. The molecule has 5 amide bonds. The zero-order valence-corrected chi connectivity index (χ0v) is 37.3. The number of benzene rings is 2. The Morgan fingerprint density at radius 3 is 2.11 bits per heavy atom. The minimum atomic E-state index is -1.26. The molecule has 0 aliphatic carbocycles. The van der Waals surface area contributed by atoms with Crippen molar-refractivity contribution in [2.75, 3.05) is 33.9 Å². The second-order valence-electron chi connectivity index (χ2n) is 17.7. The van der Waals surface area contributed by atoms with Gasteiger partial charge in [0.15, 0.2) is 0 Å². The van der Waals surface area contributed by atoms with E-state index in [1.807, 2.05) is 114 Å². The first-order valence-electron chi connectivity index (χ1n) is 20.9. The number of ether oxygens (including phenoxy) is 2. The number of carbonyl (C=O) groups excluding carboxylic acids is 5. The lowest BCUT2D eigenvalue weighted by atomic mass is 9.84. The Morgan fingerprint density at radius 2 is 1.49 bits per heavy atom. The highest BCUT2D eigenvalue weighted by Crippen LogP contribution is 2.29. The number of aliphatic hydroxyl groups excluding tert-OH is 1. The van der Waals surface area contributed by atoms with Crippen LogP contribution in [0.5, 0.6) is 0 Å². The van der Waals surface area contributed by atoms with Crippen molar-refractivity contribution >= 4 is 29.9 Å². The van der Waals surface area contributed by atoms with Crippen LogP contribution in [0.2, 0.25) is 0 Å². The topological polar surface area (TPSA) is 196 Å². The lowest BCUT2D eigenvalue weighted by molar-refractivity contribution is -0.133. The van der Waals surface area contributed by atoms with Gasteiger partial charge in [-0.05, 0) is 52.6 Å². The van der Waals surface area contributed by atoms with E-state index in [0.717, 1.165) is 22.4 Å². The van der Waals surface area contributed by atoms with Gasteiger partial charge in [0.05, 0.1) is 44.3 Å². The number of hydrogen-bond acceptors (Lipinski definition) is 11. The average molecular weight is 865 g/mol. The van der Waals surface area contributed by atoms with Crippen molar-refractivity contribution in [3.63, 3.8) is 0 Å². The van der Waals surface area contributed by atoms with Gasteiger partial charge in [0.25, 0.3) is 5.91 Å². The fourth-order valence-corrected chi connectivity index (χ4v) is 7.49. The van der Waals surface area contributed by atoms with Gasteiger partial charge in [-0.15, -0.1) is 0 Å². The Bertz CT molecular complexity index is 2180. The molecule has 4 unspecified atom stereocenters. The third kappa shape index (κ3) is 13.1. The van der Waals surface area contributed by atoms with Crippen molar-refractivity contribution in [2.24, 2.45) is 10.8 Å². The third-order valence-electron chi connectivity index (χ3n) is 10.7. The SMILES string of the molecule is COC(=O)NC(C(=O)NN(Cc1ccc(-c2ccccn2)cc1)CC(O)C(Cc1ccccc1)NC(=O)C(N1CCN(Cc2cccc(C(=O)OC)n2)C1=O)C(C)(C)C)C(C)(C)C. The summed E-state index contributed by atoms with van der Waals surface area (Å²) >= 11 is 0. The fourth-order valence-electron chi connectivity index (χ4n) is 7.49. The summed E-state index contributed by atoms with van der Waals surface area (Å²) in [6.45, 7) is 11.7. The predicted molar refractivity (Wildman–Crippen MR) is 236 cm³/mol. The molecule has 5 rings (SSSR count). The molecule has 4 aromatic rings. The van der Waals surface area contributed by atoms with Crippen LogP contribution >= 0.6 is 0 Å². The van der Waals surface area contributed by atoms with Crippen LogP contribution in [-0.4, -0.2) is 118 Å². The number of urea groups is 1. The van der Waals surface area contributed by atoms with E-state index < -0.39 is 58.9 Å². The van der Waals surface area contributed by atoms with E-state index in [0.29, 0.717) is 12.2 Å². The van der Waals surface area contributed by atoms with Crippen molar-refractivity contribution in [2.45, 2.75) is 85.3 Å². The molecule has 1 saturated heterocycles. The molecule has 0 radical (unpaired) electrons. The molecule has 4 atom stereocenters. The fraction of sp³-hybridized carbons (Fsp3) is 0.426. The number of methoxy groups -OCH3 is 2. The molecule has 336 valence electrons. The minimum absolute atomic E-state index is 0.118. The minimum Gasteiger partial charge on any atom is -0.464 e. The first kappa shape index (κ1) is 47.7. The van der Waals surface area contributed by atoms with E-state index in [-0.39, 0.29) is 44.3 Å². The largest absolute Gasteiger partial charge is 0.464 e. The quantitative estimate of drug-likeness (QED) is 0.0827. The summed E-state index contributed by atoms with van der Waals surface area (Å²) in [5.41, 5.74) is 5.42. The maximum Gasteiger partial charge on any atom is 0.407 e. The number of carbonyl (C=O) groups is 5. The van der Waals surface area contributed by atoms with Crippen LogP contribution in [0.25, 0.3) is 11.3 Å². The van der Waals surface area contributed by atoms with Crippen molar-refractivity contribution in [1.29, 1.82) is 0 Å². The van der Waals surface area contributed by atoms with E-state index in [4.69, 9.17) is 9.47 Å². The number of aliphatic hydroxyl groups is 1. The molecule has 3 heterocycles. The molecule has 1 fully saturated rings. The van der Waals surface area contributed by atoms with Crippen molar-refractivity contribution in [3.8, 4) is 11.3 Å². The maximum atomic E-state index is 14.6. The molecule has 0 saturated carbocycles. The second-order valence-corrected chi connectivity index (χ2v) is 17.7. The molecule has 16 heteroatoms. The highest BCUT2D eigenvalue weighted by molar-refractivity contribution is 5.89. The lowest BCUT2D eigenvalue weighted by Crippen LogP contribution is -2.61. The summed E-state index contributed by atoms with van der Waals surface area (Å²) in [5.74, 6) is -1.58. The number of esters is 1. The van der Waals surface area contributed by atoms with Crippen LogP contribution < -0.4 is 16.1 Å². The van der Waals surface area contributed by atoms with Gasteiger partial charge in [0.1, 0.15) is 17.8 Å². The van der Waals surface area contributed by atoms with E-state index in [1.165, 1.54) is 25.2 Å². The van der Waals surface area contributed by atoms with Gasteiger partial charge in [-0.25, -0.2) is 24.4 Å². The number of hydrazine groups is 1. The molecule has 1 aliphatic rings. The summed E-state index contributed by atoms with van der Waals surface area (Å²) in [6, 6.07) is 24.4. The number of pyridine rings is 2. The molecule has 16 nitrogen and oxygen atoms in total. The average Bonchev–Trinajstić information content (AvgIpc) is 3.59. The molecule has 1 aliphatic heterocycles. The van der Waals surface area contributed by atoms with E-state index in [2.05, 4.69) is 26.0 Å². The molecule has 4 N–H and O–H groups in total. The smallest absolute Gasteiger partial charge is 0.407 e. The first-order chi connectivity index (χ1) is 29.9. The lowest BCUT2D eigenvalue weighted by Gasteiger charge is -2.38. The maximum absolute atomic E-state index is 14.6. The molecule has 2 aromatic carbocycles. The van der Waals surface area contributed by atoms with Crippen LogP contribution in [-0.2, 0) is 38.6 Å². The van der Waals surface area contributed by atoms with Gasteiger partial charge < -0.3 is 35.0 Å².